The lowest BCUT2D eigenvalue weighted by Crippen LogP contribution is -2.47. The van der Waals surface area contributed by atoms with E-state index in [0.717, 1.165) is 30.5 Å². The monoisotopic (exact) mass is 340 g/mol. The summed E-state index contributed by atoms with van der Waals surface area (Å²) in [5.41, 5.74) is 3.08. The van der Waals surface area contributed by atoms with E-state index in [9.17, 15) is 0 Å². The quantitative estimate of drug-likeness (QED) is 0.741. The van der Waals surface area contributed by atoms with E-state index in [0.29, 0.717) is 0 Å². The first-order valence-electron chi connectivity index (χ1n) is 10.8. The number of piperidine rings is 1. The van der Waals surface area contributed by atoms with Gasteiger partial charge in [0.25, 0.3) is 0 Å². The zero-order valence-electron chi connectivity index (χ0n) is 16.3. The molecule has 2 heteroatoms. The second-order valence-corrected chi connectivity index (χ2v) is 9.08. The minimum Gasteiger partial charge on any atom is -0.299 e. The van der Waals surface area contributed by atoms with E-state index in [4.69, 9.17) is 0 Å². The van der Waals surface area contributed by atoms with Crippen LogP contribution in [0, 0.1) is 5.92 Å². The number of hydrogen-bond acceptors (Lipinski definition) is 2. The standard InChI is InChI=1S/C23H36N2/c1-18-6-5-7-19(2)25(18)17-21-14-23(15-21)22-10-8-20(9-11-22)16-24-12-3-4-13-24/h8-11,18-19,21,23H,3-7,12-17H2,1-2H3/t18-,19-,21?,23?/m0/s1. The molecule has 1 aliphatic carbocycles. The van der Waals surface area contributed by atoms with Gasteiger partial charge in [0.2, 0.25) is 0 Å². The maximum atomic E-state index is 2.80. The smallest absolute Gasteiger partial charge is 0.0233 e. The minimum absolute atomic E-state index is 0.799. The van der Waals surface area contributed by atoms with Crippen LogP contribution in [0.5, 0.6) is 0 Å². The van der Waals surface area contributed by atoms with Gasteiger partial charge in [-0.15, -0.1) is 0 Å². The van der Waals surface area contributed by atoms with Gasteiger partial charge in [0.05, 0.1) is 0 Å². The predicted octanol–water partition coefficient (Wildman–Crippen LogP) is 5.04. The van der Waals surface area contributed by atoms with Crippen LogP contribution in [0.3, 0.4) is 0 Å². The van der Waals surface area contributed by atoms with E-state index in [1.54, 1.807) is 5.56 Å². The highest BCUT2D eigenvalue weighted by atomic mass is 15.2. The summed E-state index contributed by atoms with van der Waals surface area (Å²) >= 11 is 0. The summed E-state index contributed by atoms with van der Waals surface area (Å²) < 4.78 is 0. The van der Waals surface area contributed by atoms with Gasteiger partial charge in [-0.25, -0.2) is 0 Å². The van der Waals surface area contributed by atoms with Gasteiger partial charge in [0.1, 0.15) is 0 Å². The molecule has 2 aliphatic heterocycles. The highest BCUT2D eigenvalue weighted by Crippen LogP contribution is 2.43. The molecule has 0 aromatic heterocycles. The van der Waals surface area contributed by atoms with Crippen LogP contribution in [-0.2, 0) is 6.54 Å². The van der Waals surface area contributed by atoms with Gasteiger partial charge in [-0.3, -0.25) is 9.80 Å². The topological polar surface area (TPSA) is 6.48 Å². The molecule has 25 heavy (non-hydrogen) atoms. The number of nitrogens with zero attached hydrogens (tertiary/aromatic N) is 2. The highest BCUT2D eigenvalue weighted by Gasteiger charge is 2.34. The summed E-state index contributed by atoms with van der Waals surface area (Å²) in [4.78, 5) is 5.39. The fourth-order valence-electron chi connectivity index (χ4n) is 5.38. The lowest BCUT2D eigenvalue weighted by atomic mass is 9.70. The van der Waals surface area contributed by atoms with Crippen LogP contribution in [0.15, 0.2) is 24.3 Å². The normalized spacial score (nSPS) is 34.2. The molecule has 2 heterocycles. The number of benzene rings is 1. The molecule has 138 valence electrons. The first-order chi connectivity index (χ1) is 12.2. The number of hydrogen-bond donors (Lipinski definition) is 0. The van der Waals surface area contributed by atoms with Crippen molar-refractivity contribution in [1.82, 2.24) is 9.80 Å². The Morgan fingerprint density at radius 1 is 0.880 bits per heavy atom. The molecule has 1 aromatic rings. The van der Waals surface area contributed by atoms with Crippen LogP contribution in [0.25, 0.3) is 0 Å². The lowest BCUT2D eigenvalue weighted by molar-refractivity contribution is 0.0595. The molecule has 0 amide bonds. The van der Waals surface area contributed by atoms with Crippen molar-refractivity contribution in [2.24, 2.45) is 5.92 Å². The predicted molar refractivity (Wildman–Crippen MR) is 106 cm³/mol. The first-order valence-corrected chi connectivity index (χ1v) is 10.8. The van der Waals surface area contributed by atoms with E-state index in [-0.39, 0.29) is 0 Å². The molecule has 0 spiro atoms. The highest BCUT2D eigenvalue weighted by molar-refractivity contribution is 5.27. The van der Waals surface area contributed by atoms with Crippen molar-refractivity contribution in [1.29, 1.82) is 0 Å². The molecule has 0 unspecified atom stereocenters. The Hall–Kier alpha value is -0.860. The fraction of sp³-hybridized carbons (Fsp3) is 0.739. The summed E-state index contributed by atoms with van der Waals surface area (Å²) in [6.07, 6.45) is 9.81. The van der Waals surface area contributed by atoms with E-state index in [1.807, 2.05) is 0 Å². The van der Waals surface area contributed by atoms with Crippen molar-refractivity contribution in [3.05, 3.63) is 35.4 Å². The number of likely N-dealkylation sites (tertiary alicyclic amines) is 2. The van der Waals surface area contributed by atoms with E-state index in [1.165, 1.54) is 70.1 Å². The Morgan fingerprint density at radius 3 is 2.16 bits per heavy atom. The van der Waals surface area contributed by atoms with Gasteiger partial charge in [-0.1, -0.05) is 30.7 Å². The number of rotatable bonds is 5. The largest absolute Gasteiger partial charge is 0.299 e. The Kier molecular flexibility index (Phi) is 5.47. The summed E-state index contributed by atoms with van der Waals surface area (Å²) in [7, 11) is 0. The van der Waals surface area contributed by atoms with Gasteiger partial charge >= 0.3 is 0 Å². The van der Waals surface area contributed by atoms with Crippen LogP contribution in [0.4, 0.5) is 0 Å². The molecule has 3 aliphatic rings. The van der Waals surface area contributed by atoms with Crippen molar-refractivity contribution >= 4 is 0 Å². The zero-order chi connectivity index (χ0) is 17.2. The van der Waals surface area contributed by atoms with Crippen LogP contribution >= 0.6 is 0 Å². The van der Waals surface area contributed by atoms with Gasteiger partial charge in [-0.05, 0) is 88.4 Å². The minimum atomic E-state index is 0.799. The van der Waals surface area contributed by atoms with E-state index >= 15 is 0 Å². The third kappa shape index (κ3) is 4.11. The molecule has 1 aromatic carbocycles. The molecule has 2 atom stereocenters. The maximum absolute atomic E-state index is 2.80. The SMILES string of the molecule is C[C@H]1CCC[C@H](C)N1CC1CC(c2ccc(CN3CCCC3)cc2)C1. The lowest BCUT2D eigenvalue weighted by Gasteiger charge is -2.45. The third-order valence-electron chi connectivity index (χ3n) is 7.14. The van der Waals surface area contributed by atoms with Crippen molar-refractivity contribution < 1.29 is 0 Å². The Balaban J connectivity index is 1.25. The van der Waals surface area contributed by atoms with Gasteiger partial charge in [0.15, 0.2) is 0 Å². The van der Waals surface area contributed by atoms with Crippen LogP contribution < -0.4 is 0 Å². The van der Waals surface area contributed by atoms with E-state index < -0.39 is 0 Å². The molecule has 1 saturated carbocycles. The molecule has 0 bridgehead atoms. The second-order valence-electron chi connectivity index (χ2n) is 9.08. The summed E-state index contributed by atoms with van der Waals surface area (Å²) in [6.45, 7) is 9.94. The summed E-state index contributed by atoms with van der Waals surface area (Å²) in [5.74, 6) is 1.75. The van der Waals surface area contributed by atoms with Crippen molar-refractivity contribution in [2.75, 3.05) is 19.6 Å². The Morgan fingerprint density at radius 2 is 1.52 bits per heavy atom. The molecule has 0 N–H and O–H groups in total. The van der Waals surface area contributed by atoms with Gasteiger partial charge in [0, 0.05) is 25.2 Å². The molecule has 0 radical (unpaired) electrons. The summed E-state index contributed by atoms with van der Waals surface area (Å²) in [5, 5.41) is 0. The first kappa shape index (κ1) is 17.5. The van der Waals surface area contributed by atoms with Crippen LogP contribution in [-0.4, -0.2) is 41.5 Å². The van der Waals surface area contributed by atoms with Gasteiger partial charge in [-0.2, -0.15) is 0 Å². The Bertz CT molecular complexity index is 530. The van der Waals surface area contributed by atoms with Crippen LogP contribution in [0.1, 0.15) is 75.8 Å². The second kappa shape index (κ2) is 7.80. The van der Waals surface area contributed by atoms with E-state index in [2.05, 4.69) is 47.9 Å². The molecule has 2 nitrogen and oxygen atoms in total. The molecule has 3 fully saturated rings. The van der Waals surface area contributed by atoms with Crippen molar-refractivity contribution in [3.63, 3.8) is 0 Å². The Labute approximate surface area is 154 Å². The maximum Gasteiger partial charge on any atom is 0.0233 e. The fourth-order valence-corrected chi connectivity index (χ4v) is 5.38. The van der Waals surface area contributed by atoms with Gasteiger partial charge < -0.3 is 0 Å². The third-order valence-corrected chi connectivity index (χ3v) is 7.14. The molecule has 4 rings (SSSR count). The van der Waals surface area contributed by atoms with Crippen molar-refractivity contribution in [3.8, 4) is 0 Å². The van der Waals surface area contributed by atoms with Crippen LogP contribution in [0.2, 0.25) is 0 Å². The zero-order valence-corrected chi connectivity index (χ0v) is 16.3. The average molecular weight is 341 g/mol. The average Bonchev–Trinajstić information content (AvgIpc) is 3.07. The van der Waals surface area contributed by atoms with Crippen molar-refractivity contribution in [2.45, 2.75) is 83.3 Å². The summed E-state index contributed by atoms with van der Waals surface area (Å²) in [6, 6.07) is 11.2. The molecule has 2 saturated heterocycles. The molecular formula is C23H36N2. The molecular weight excluding hydrogens is 304 g/mol.